The van der Waals surface area contributed by atoms with Gasteiger partial charge in [-0.05, 0) is 31.2 Å². The number of benzene rings is 1. The highest BCUT2D eigenvalue weighted by molar-refractivity contribution is 6.39. The first-order valence-electron chi connectivity index (χ1n) is 6.31. The number of fused-ring (bicyclic) bond motifs is 1. The summed E-state index contributed by atoms with van der Waals surface area (Å²) in [6, 6.07) is 9.31. The number of pyridine rings is 1. The summed E-state index contributed by atoms with van der Waals surface area (Å²) in [6.45, 7) is 1.88. The number of anilines is 2. The fourth-order valence-corrected chi connectivity index (χ4v) is 3.16. The Labute approximate surface area is 137 Å². The fourth-order valence-electron chi connectivity index (χ4n) is 2.33. The summed E-state index contributed by atoms with van der Waals surface area (Å²) in [5.74, 6) is 0. The van der Waals surface area contributed by atoms with E-state index in [9.17, 15) is 0 Å². The minimum Gasteiger partial charge on any atom is -0.339 e. The Bertz CT molecular complexity index is 806. The first kappa shape index (κ1) is 14.5. The second-order valence-electron chi connectivity index (χ2n) is 4.70. The zero-order chi connectivity index (χ0) is 15.1. The predicted octanol–water partition coefficient (Wildman–Crippen LogP) is 5.37. The Morgan fingerprint density at radius 1 is 1.05 bits per heavy atom. The van der Waals surface area contributed by atoms with Crippen molar-refractivity contribution in [2.24, 2.45) is 0 Å². The summed E-state index contributed by atoms with van der Waals surface area (Å²) < 4.78 is 1.84. The van der Waals surface area contributed by atoms with Gasteiger partial charge in [0.15, 0.2) is 5.65 Å². The molecule has 3 nitrogen and oxygen atoms in total. The number of rotatable bonds is 2. The molecule has 0 aliphatic heterocycles. The summed E-state index contributed by atoms with van der Waals surface area (Å²) in [4.78, 5) is 6.44. The largest absolute Gasteiger partial charge is 0.339 e. The molecule has 0 N–H and O–H groups in total. The quantitative estimate of drug-likeness (QED) is 0.625. The molecule has 1 aromatic carbocycles. The number of aromatic nitrogens is 2. The van der Waals surface area contributed by atoms with E-state index in [0.717, 1.165) is 22.7 Å². The Hall–Kier alpha value is -1.42. The van der Waals surface area contributed by atoms with Crippen LogP contribution in [-0.2, 0) is 0 Å². The molecule has 21 heavy (non-hydrogen) atoms. The summed E-state index contributed by atoms with van der Waals surface area (Å²) in [6.07, 6.45) is 1.88. The lowest BCUT2D eigenvalue weighted by atomic mass is 10.2. The fraction of sp³-hybridized carbons (Fsp3) is 0.133. The SMILES string of the molecule is Cc1nc2c(N(C)c3c(Cl)cccc3Cl)cccn2c1Cl. The van der Waals surface area contributed by atoms with E-state index >= 15 is 0 Å². The van der Waals surface area contributed by atoms with Crippen molar-refractivity contribution in [3.8, 4) is 0 Å². The van der Waals surface area contributed by atoms with Gasteiger partial charge in [-0.1, -0.05) is 40.9 Å². The molecule has 0 amide bonds. The van der Waals surface area contributed by atoms with Crippen LogP contribution in [0.2, 0.25) is 15.2 Å². The molecule has 0 fully saturated rings. The van der Waals surface area contributed by atoms with E-state index in [1.54, 1.807) is 0 Å². The van der Waals surface area contributed by atoms with Gasteiger partial charge < -0.3 is 4.90 Å². The van der Waals surface area contributed by atoms with Crippen LogP contribution in [0.3, 0.4) is 0 Å². The van der Waals surface area contributed by atoms with E-state index in [1.807, 2.05) is 59.8 Å². The predicted molar refractivity (Wildman–Crippen MR) is 89.5 cm³/mol. The molecular weight excluding hydrogens is 329 g/mol. The molecule has 3 rings (SSSR count). The summed E-state index contributed by atoms with van der Waals surface area (Å²) in [5.41, 5.74) is 3.16. The monoisotopic (exact) mass is 339 g/mol. The van der Waals surface area contributed by atoms with E-state index in [-0.39, 0.29) is 0 Å². The van der Waals surface area contributed by atoms with Crippen LogP contribution in [0, 0.1) is 6.92 Å². The van der Waals surface area contributed by atoms with Crippen LogP contribution in [0.25, 0.3) is 5.65 Å². The van der Waals surface area contributed by atoms with Crippen LogP contribution in [0.5, 0.6) is 0 Å². The van der Waals surface area contributed by atoms with Crippen LogP contribution in [0.15, 0.2) is 36.5 Å². The molecule has 0 saturated carbocycles. The van der Waals surface area contributed by atoms with Crippen LogP contribution in [0.1, 0.15) is 5.69 Å². The molecule has 2 heterocycles. The number of para-hydroxylation sites is 1. The van der Waals surface area contributed by atoms with Crippen molar-refractivity contribution in [2.45, 2.75) is 6.92 Å². The number of nitrogens with zero attached hydrogens (tertiary/aromatic N) is 3. The second-order valence-corrected chi connectivity index (χ2v) is 5.88. The van der Waals surface area contributed by atoms with Gasteiger partial charge >= 0.3 is 0 Å². The number of halogens is 3. The van der Waals surface area contributed by atoms with Crippen LogP contribution >= 0.6 is 34.8 Å². The standard InChI is InChI=1S/C15H12Cl3N3/c1-9-14(18)21-8-4-7-12(15(21)19-9)20(2)13-10(16)5-3-6-11(13)17/h3-8H,1-2H3. The lowest BCUT2D eigenvalue weighted by Crippen LogP contribution is -2.12. The molecule has 2 aromatic heterocycles. The van der Waals surface area contributed by atoms with Crippen molar-refractivity contribution in [3.63, 3.8) is 0 Å². The second kappa shape index (κ2) is 5.41. The minimum atomic E-state index is 0.585. The van der Waals surface area contributed by atoms with Gasteiger partial charge in [0.05, 0.1) is 27.1 Å². The Morgan fingerprint density at radius 2 is 1.71 bits per heavy atom. The molecule has 0 radical (unpaired) electrons. The molecule has 0 aliphatic rings. The lowest BCUT2D eigenvalue weighted by molar-refractivity contribution is 1.14. The summed E-state index contributed by atoms with van der Waals surface area (Å²) in [7, 11) is 1.90. The summed E-state index contributed by atoms with van der Waals surface area (Å²) in [5, 5.41) is 1.77. The number of hydrogen-bond acceptors (Lipinski definition) is 2. The first-order valence-corrected chi connectivity index (χ1v) is 7.45. The average molecular weight is 341 g/mol. The van der Waals surface area contributed by atoms with E-state index in [1.165, 1.54) is 0 Å². The van der Waals surface area contributed by atoms with Gasteiger partial charge in [0.2, 0.25) is 0 Å². The minimum absolute atomic E-state index is 0.585. The third-order valence-corrected chi connectivity index (χ3v) is 4.43. The van der Waals surface area contributed by atoms with Crippen molar-refractivity contribution >= 4 is 51.8 Å². The molecule has 108 valence electrons. The number of imidazole rings is 1. The van der Waals surface area contributed by atoms with E-state index in [0.29, 0.717) is 15.2 Å². The highest BCUT2D eigenvalue weighted by Crippen LogP contribution is 2.38. The zero-order valence-electron chi connectivity index (χ0n) is 11.4. The molecule has 0 spiro atoms. The molecule has 0 saturated heterocycles. The molecule has 0 atom stereocenters. The maximum Gasteiger partial charge on any atom is 0.162 e. The van der Waals surface area contributed by atoms with Crippen molar-refractivity contribution < 1.29 is 0 Å². The Balaban J connectivity index is 2.23. The van der Waals surface area contributed by atoms with Crippen molar-refractivity contribution in [1.82, 2.24) is 9.38 Å². The van der Waals surface area contributed by atoms with Gasteiger partial charge in [-0.3, -0.25) is 4.40 Å². The Morgan fingerprint density at radius 3 is 2.38 bits per heavy atom. The number of aryl methyl sites for hydroxylation is 1. The maximum atomic E-state index is 6.28. The average Bonchev–Trinajstić information content (AvgIpc) is 2.74. The van der Waals surface area contributed by atoms with Crippen LogP contribution < -0.4 is 4.90 Å². The first-order chi connectivity index (χ1) is 10.0. The van der Waals surface area contributed by atoms with Gasteiger partial charge in [0, 0.05) is 13.2 Å². The van der Waals surface area contributed by atoms with Gasteiger partial charge in [-0.2, -0.15) is 0 Å². The highest BCUT2D eigenvalue weighted by Gasteiger charge is 2.17. The van der Waals surface area contributed by atoms with Crippen molar-refractivity contribution in [3.05, 3.63) is 57.4 Å². The smallest absolute Gasteiger partial charge is 0.162 e. The molecule has 0 aliphatic carbocycles. The van der Waals surface area contributed by atoms with Gasteiger partial charge in [0.1, 0.15) is 5.15 Å². The van der Waals surface area contributed by atoms with Crippen LogP contribution in [-0.4, -0.2) is 16.4 Å². The van der Waals surface area contributed by atoms with E-state index in [4.69, 9.17) is 34.8 Å². The third-order valence-electron chi connectivity index (χ3n) is 3.36. The zero-order valence-corrected chi connectivity index (χ0v) is 13.7. The molecule has 3 aromatic rings. The van der Waals surface area contributed by atoms with Gasteiger partial charge in [0.25, 0.3) is 0 Å². The Kier molecular flexibility index (Phi) is 3.74. The van der Waals surface area contributed by atoms with Crippen molar-refractivity contribution in [1.29, 1.82) is 0 Å². The van der Waals surface area contributed by atoms with Crippen LogP contribution in [0.4, 0.5) is 11.4 Å². The maximum absolute atomic E-state index is 6.28. The highest BCUT2D eigenvalue weighted by atomic mass is 35.5. The molecule has 6 heteroatoms. The van der Waals surface area contributed by atoms with Crippen molar-refractivity contribution in [2.75, 3.05) is 11.9 Å². The van der Waals surface area contributed by atoms with Gasteiger partial charge in [-0.25, -0.2) is 4.98 Å². The van der Waals surface area contributed by atoms with E-state index < -0.39 is 0 Å². The van der Waals surface area contributed by atoms with Gasteiger partial charge in [-0.15, -0.1) is 0 Å². The number of hydrogen-bond donors (Lipinski definition) is 0. The topological polar surface area (TPSA) is 20.5 Å². The van der Waals surface area contributed by atoms with E-state index in [2.05, 4.69) is 4.98 Å². The third kappa shape index (κ3) is 2.35. The molecule has 0 bridgehead atoms. The molecular formula is C15H12Cl3N3. The normalized spacial score (nSPS) is 11.1. The molecule has 0 unspecified atom stereocenters. The summed E-state index contributed by atoms with van der Waals surface area (Å²) >= 11 is 18.8. The lowest BCUT2D eigenvalue weighted by Gasteiger charge is -2.22.